The Hall–Kier alpha value is -3.23. The molecule has 0 aliphatic heterocycles. The lowest BCUT2D eigenvalue weighted by Gasteiger charge is -2.16. The molecule has 180 valence electrons. The number of carboxylic acids is 1. The quantitative estimate of drug-likeness (QED) is 0.308. The lowest BCUT2D eigenvalue weighted by molar-refractivity contribution is -0.142. The van der Waals surface area contributed by atoms with Gasteiger partial charge in [-0.2, -0.15) is 0 Å². The van der Waals surface area contributed by atoms with Crippen LogP contribution in [0.3, 0.4) is 0 Å². The molecule has 2 aromatic rings. The van der Waals surface area contributed by atoms with Crippen molar-refractivity contribution in [3.05, 3.63) is 71.8 Å². The van der Waals surface area contributed by atoms with Gasteiger partial charge >= 0.3 is 5.97 Å². The second-order valence-electron chi connectivity index (χ2n) is 7.73. The molecule has 0 radical (unpaired) electrons. The molecule has 0 saturated carbocycles. The minimum absolute atomic E-state index is 0.304. The fourth-order valence-corrected chi connectivity index (χ4v) is 2.95. The summed E-state index contributed by atoms with van der Waals surface area (Å²) < 4.78 is 0. The van der Waals surface area contributed by atoms with Crippen molar-refractivity contribution in [2.45, 2.75) is 44.7 Å². The first-order valence-corrected chi connectivity index (χ1v) is 11.1. The summed E-state index contributed by atoms with van der Waals surface area (Å²) in [6, 6.07) is 17.8. The third kappa shape index (κ3) is 13.0. The predicted octanol–water partition coefficient (Wildman–Crippen LogP) is 1.63. The number of nitrogens with one attached hydrogen (secondary N) is 3. The van der Waals surface area contributed by atoms with Crippen LogP contribution < -0.4 is 21.7 Å². The fourth-order valence-electron chi connectivity index (χ4n) is 2.95. The van der Waals surface area contributed by atoms with Gasteiger partial charge in [0, 0.05) is 0 Å². The molecule has 2 unspecified atom stereocenters. The predicted molar refractivity (Wildman–Crippen MR) is 130 cm³/mol. The van der Waals surface area contributed by atoms with E-state index in [2.05, 4.69) is 35.0 Å². The summed E-state index contributed by atoms with van der Waals surface area (Å²) in [5, 5.41) is 17.0. The number of carbonyl (C=O) groups excluding carboxylic acids is 2. The van der Waals surface area contributed by atoms with Gasteiger partial charge < -0.3 is 26.8 Å². The number of benzene rings is 2. The maximum absolute atomic E-state index is 12.0. The molecule has 0 heterocycles. The topological polar surface area (TPSA) is 134 Å². The number of hydrogen-bond donors (Lipinski definition) is 5. The lowest BCUT2D eigenvalue weighted by Crippen LogP contribution is -2.49. The minimum Gasteiger partial charge on any atom is -0.480 e. The van der Waals surface area contributed by atoms with E-state index in [1.807, 2.05) is 55.6 Å². The zero-order valence-electron chi connectivity index (χ0n) is 19.4. The molecule has 0 aliphatic rings. The molecule has 33 heavy (non-hydrogen) atoms. The highest BCUT2D eigenvalue weighted by Gasteiger charge is 2.20. The Bertz CT molecular complexity index is 831. The van der Waals surface area contributed by atoms with Crippen molar-refractivity contribution in [1.82, 2.24) is 16.0 Å². The Kier molecular flexibility index (Phi) is 13.8. The first-order valence-electron chi connectivity index (χ1n) is 11.1. The van der Waals surface area contributed by atoms with Crippen molar-refractivity contribution in [2.75, 3.05) is 20.1 Å². The number of carbonyl (C=O) groups is 3. The van der Waals surface area contributed by atoms with Gasteiger partial charge in [0.25, 0.3) is 0 Å². The average Bonchev–Trinajstić information content (AvgIpc) is 2.81. The Morgan fingerprint density at radius 1 is 0.970 bits per heavy atom. The van der Waals surface area contributed by atoms with Crippen molar-refractivity contribution >= 4 is 17.8 Å². The van der Waals surface area contributed by atoms with Crippen molar-refractivity contribution in [2.24, 2.45) is 5.73 Å². The van der Waals surface area contributed by atoms with E-state index in [1.54, 1.807) is 0 Å². The molecule has 2 aromatic carbocycles. The number of hydrogen-bond acceptors (Lipinski definition) is 5. The molecule has 0 spiro atoms. The second kappa shape index (κ2) is 16.4. The Morgan fingerprint density at radius 2 is 1.58 bits per heavy atom. The molecular weight excluding hydrogens is 420 g/mol. The molecule has 0 aromatic heterocycles. The molecule has 8 heteroatoms. The average molecular weight is 457 g/mol. The van der Waals surface area contributed by atoms with E-state index in [4.69, 9.17) is 5.73 Å². The molecule has 6 N–H and O–H groups in total. The van der Waals surface area contributed by atoms with Gasteiger partial charge in [0.2, 0.25) is 11.8 Å². The van der Waals surface area contributed by atoms with Crippen molar-refractivity contribution in [3.63, 3.8) is 0 Å². The maximum atomic E-state index is 12.0. The number of amides is 2. The lowest BCUT2D eigenvalue weighted by atomic mass is 10.1. The van der Waals surface area contributed by atoms with Crippen molar-refractivity contribution in [3.8, 4) is 0 Å². The standard InChI is InChI=1S/C18H28N4O4.C7H8/c1-20-10-6-5-9-15(18(25)26)22-16(23)12-21-17(24)14(19)11-13-7-3-2-4-8-13;1-7-5-3-2-4-6-7/h2-4,7-8,14-15,20H,5-6,9-12,19H2,1H3,(H,21,24)(H,22,23)(H,25,26);2-6H,1H3. The van der Waals surface area contributed by atoms with E-state index >= 15 is 0 Å². The van der Waals surface area contributed by atoms with Gasteiger partial charge in [0.1, 0.15) is 6.04 Å². The van der Waals surface area contributed by atoms with Gasteiger partial charge in [-0.25, -0.2) is 4.79 Å². The molecule has 2 amide bonds. The molecular formula is C25H36N4O4. The van der Waals surface area contributed by atoms with E-state index in [9.17, 15) is 19.5 Å². The van der Waals surface area contributed by atoms with E-state index in [0.29, 0.717) is 19.3 Å². The molecule has 2 rings (SSSR count). The van der Waals surface area contributed by atoms with E-state index < -0.39 is 29.9 Å². The van der Waals surface area contributed by atoms with E-state index in [1.165, 1.54) is 5.56 Å². The van der Waals surface area contributed by atoms with Gasteiger partial charge in [0.05, 0.1) is 12.6 Å². The SMILES string of the molecule is CNCCCCC(NC(=O)CNC(=O)C(N)Cc1ccccc1)C(=O)O.Cc1ccccc1. The molecule has 0 saturated heterocycles. The van der Waals surface area contributed by atoms with Crippen LogP contribution in [-0.4, -0.2) is 55.1 Å². The molecule has 0 bridgehead atoms. The zero-order valence-corrected chi connectivity index (χ0v) is 19.4. The van der Waals surface area contributed by atoms with Gasteiger partial charge in [-0.1, -0.05) is 66.2 Å². The minimum atomic E-state index is -1.09. The molecule has 2 atom stereocenters. The summed E-state index contributed by atoms with van der Waals surface area (Å²) in [7, 11) is 1.82. The third-order valence-corrected chi connectivity index (χ3v) is 4.80. The number of carboxylic acid groups (broad SMARTS) is 1. The number of aryl methyl sites for hydroxylation is 1. The van der Waals surface area contributed by atoms with Crippen LogP contribution in [0.2, 0.25) is 0 Å². The van der Waals surface area contributed by atoms with Gasteiger partial charge in [0.15, 0.2) is 0 Å². The van der Waals surface area contributed by atoms with E-state index in [0.717, 1.165) is 18.5 Å². The van der Waals surface area contributed by atoms with Crippen LogP contribution in [0.1, 0.15) is 30.4 Å². The van der Waals surface area contributed by atoms with Gasteiger partial charge in [-0.15, -0.1) is 0 Å². The summed E-state index contributed by atoms with van der Waals surface area (Å²) in [5.41, 5.74) is 8.08. The summed E-state index contributed by atoms with van der Waals surface area (Å²) in [6.45, 7) is 2.57. The van der Waals surface area contributed by atoms with E-state index in [-0.39, 0.29) is 6.54 Å². The van der Waals surface area contributed by atoms with Crippen LogP contribution in [0.25, 0.3) is 0 Å². The highest BCUT2D eigenvalue weighted by atomic mass is 16.4. The normalized spacial score (nSPS) is 12.0. The Balaban J connectivity index is 0.000000657. The van der Waals surface area contributed by atoms with Gasteiger partial charge in [-0.05, 0) is 51.8 Å². The monoisotopic (exact) mass is 456 g/mol. The summed E-state index contributed by atoms with van der Waals surface area (Å²) in [5.74, 6) is -2.09. The van der Waals surface area contributed by atoms with Crippen LogP contribution in [0, 0.1) is 6.92 Å². The largest absolute Gasteiger partial charge is 0.480 e. The van der Waals surface area contributed by atoms with Crippen LogP contribution in [0.15, 0.2) is 60.7 Å². The number of unbranched alkanes of at least 4 members (excludes halogenated alkanes) is 1. The fraction of sp³-hybridized carbons (Fsp3) is 0.400. The van der Waals surface area contributed by atoms with Crippen LogP contribution in [-0.2, 0) is 20.8 Å². The smallest absolute Gasteiger partial charge is 0.326 e. The zero-order chi connectivity index (χ0) is 24.5. The maximum Gasteiger partial charge on any atom is 0.326 e. The number of aliphatic carboxylic acids is 1. The highest BCUT2D eigenvalue weighted by molar-refractivity contribution is 5.89. The van der Waals surface area contributed by atoms with Gasteiger partial charge in [-0.3, -0.25) is 9.59 Å². The van der Waals surface area contributed by atoms with Crippen LogP contribution in [0.5, 0.6) is 0 Å². The summed E-state index contributed by atoms with van der Waals surface area (Å²) >= 11 is 0. The Labute approximate surface area is 196 Å². The third-order valence-electron chi connectivity index (χ3n) is 4.80. The molecule has 0 fully saturated rings. The van der Waals surface area contributed by atoms with Crippen molar-refractivity contribution < 1.29 is 19.5 Å². The summed E-state index contributed by atoms with van der Waals surface area (Å²) in [6.07, 6.45) is 2.19. The first kappa shape index (κ1) is 27.8. The Morgan fingerprint density at radius 3 is 2.09 bits per heavy atom. The molecule has 0 aliphatic carbocycles. The second-order valence-corrected chi connectivity index (χ2v) is 7.73. The summed E-state index contributed by atoms with van der Waals surface area (Å²) in [4.78, 5) is 35.1. The number of nitrogens with two attached hydrogens (primary N) is 1. The van der Waals surface area contributed by atoms with Crippen molar-refractivity contribution in [1.29, 1.82) is 0 Å². The molecule has 8 nitrogen and oxygen atoms in total. The number of rotatable bonds is 12. The van der Waals surface area contributed by atoms with Crippen LogP contribution >= 0.6 is 0 Å². The van der Waals surface area contributed by atoms with Crippen LogP contribution in [0.4, 0.5) is 0 Å². The highest BCUT2D eigenvalue weighted by Crippen LogP contribution is 2.02. The first-order chi connectivity index (χ1) is 15.8.